The summed E-state index contributed by atoms with van der Waals surface area (Å²) >= 11 is 0. The van der Waals surface area contributed by atoms with Gasteiger partial charge in [0.1, 0.15) is 11.3 Å². The minimum absolute atomic E-state index is 0.145. The summed E-state index contributed by atoms with van der Waals surface area (Å²) in [6.45, 7) is 1.87. The van der Waals surface area contributed by atoms with Gasteiger partial charge in [-0.3, -0.25) is 9.59 Å². The highest BCUT2D eigenvalue weighted by atomic mass is 16.5. The number of aromatic nitrogens is 1. The zero-order chi connectivity index (χ0) is 11.3. The summed E-state index contributed by atoms with van der Waals surface area (Å²) in [7, 11) is 1.30. The number of carbonyl (C=O) groups excluding carboxylic acids is 2. The predicted molar refractivity (Wildman–Crippen MR) is 50.2 cm³/mol. The highest BCUT2D eigenvalue weighted by molar-refractivity contribution is 5.94. The van der Waals surface area contributed by atoms with Gasteiger partial charge in [-0.15, -0.1) is 0 Å². The van der Waals surface area contributed by atoms with Crippen LogP contribution in [0.3, 0.4) is 0 Å². The Morgan fingerprint density at radius 3 is 2.87 bits per heavy atom. The number of methoxy groups -OCH3 is 1. The van der Waals surface area contributed by atoms with Crippen molar-refractivity contribution >= 4 is 11.9 Å². The second-order valence-corrected chi connectivity index (χ2v) is 2.88. The molecule has 0 unspecified atom stereocenters. The molecule has 0 aliphatic carbocycles. The number of hydrogen-bond acceptors (Lipinski definition) is 5. The number of nitrogens with zero attached hydrogens (tertiary/aromatic N) is 1. The minimum Gasteiger partial charge on any atom is -0.469 e. The summed E-state index contributed by atoms with van der Waals surface area (Å²) in [5.74, 6) is -0.222. The molecule has 0 atom stereocenters. The third kappa shape index (κ3) is 3.08. The second kappa shape index (κ2) is 5.14. The van der Waals surface area contributed by atoms with Crippen molar-refractivity contribution in [3.63, 3.8) is 0 Å². The van der Waals surface area contributed by atoms with Gasteiger partial charge in [0.2, 0.25) is 0 Å². The SMILES string of the molecule is COC(=O)CCNC(=O)c1cnoc1C. The van der Waals surface area contributed by atoms with E-state index in [2.05, 4.69) is 15.2 Å². The molecule has 0 fully saturated rings. The fourth-order valence-electron chi connectivity index (χ4n) is 0.992. The van der Waals surface area contributed by atoms with E-state index in [0.29, 0.717) is 11.3 Å². The van der Waals surface area contributed by atoms with Crippen LogP contribution in [0.25, 0.3) is 0 Å². The van der Waals surface area contributed by atoms with Crippen molar-refractivity contribution < 1.29 is 18.8 Å². The molecule has 1 amide bonds. The normalized spacial score (nSPS) is 9.73. The van der Waals surface area contributed by atoms with E-state index < -0.39 is 0 Å². The molecule has 6 heteroatoms. The standard InChI is InChI=1S/C9H12N2O4/c1-6-7(5-11-15-6)9(13)10-4-3-8(12)14-2/h5H,3-4H2,1-2H3,(H,10,13). The molecular formula is C9H12N2O4. The van der Waals surface area contributed by atoms with Gasteiger partial charge in [0.15, 0.2) is 0 Å². The molecule has 1 N–H and O–H groups in total. The zero-order valence-electron chi connectivity index (χ0n) is 8.57. The van der Waals surface area contributed by atoms with E-state index in [1.54, 1.807) is 6.92 Å². The first-order chi connectivity index (χ1) is 7.15. The highest BCUT2D eigenvalue weighted by Crippen LogP contribution is 2.04. The van der Waals surface area contributed by atoms with Crippen LogP contribution in [0.15, 0.2) is 10.7 Å². The first kappa shape index (κ1) is 11.2. The Bertz CT molecular complexity index is 359. The number of rotatable bonds is 4. The average molecular weight is 212 g/mol. The smallest absolute Gasteiger partial charge is 0.307 e. The first-order valence-electron chi connectivity index (χ1n) is 4.41. The molecule has 1 aromatic heterocycles. The first-order valence-corrected chi connectivity index (χ1v) is 4.41. The van der Waals surface area contributed by atoms with Crippen LogP contribution in [0, 0.1) is 6.92 Å². The zero-order valence-corrected chi connectivity index (χ0v) is 8.57. The monoisotopic (exact) mass is 212 g/mol. The average Bonchev–Trinajstić information content (AvgIpc) is 2.64. The predicted octanol–water partition coefficient (Wildman–Crippen LogP) is 0.276. The topological polar surface area (TPSA) is 81.4 Å². The van der Waals surface area contributed by atoms with E-state index in [0.717, 1.165) is 0 Å². The van der Waals surface area contributed by atoms with Crippen molar-refractivity contribution in [1.29, 1.82) is 0 Å². The Hall–Kier alpha value is -1.85. The van der Waals surface area contributed by atoms with Crippen LogP contribution in [-0.2, 0) is 9.53 Å². The molecule has 1 heterocycles. The van der Waals surface area contributed by atoms with Gasteiger partial charge >= 0.3 is 5.97 Å². The second-order valence-electron chi connectivity index (χ2n) is 2.88. The number of aryl methyl sites for hydroxylation is 1. The number of carbonyl (C=O) groups is 2. The van der Waals surface area contributed by atoms with Crippen LogP contribution in [0.2, 0.25) is 0 Å². The van der Waals surface area contributed by atoms with Gasteiger partial charge in [-0.2, -0.15) is 0 Å². The number of ether oxygens (including phenoxy) is 1. The van der Waals surface area contributed by atoms with Crippen LogP contribution in [0.5, 0.6) is 0 Å². The van der Waals surface area contributed by atoms with Gasteiger partial charge in [-0.25, -0.2) is 0 Å². The van der Waals surface area contributed by atoms with Crippen molar-refractivity contribution in [2.75, 3.05) is 13.7 Å². The lowest BCUT2D eigenvalue weighted by molar-refractivity contribution is -0.140. The summed E-state index contributed by atoms with van der Waals surface area (Å²) in [5.41, 5.74) is 0.375. The Balaban J connectivity index is 2.38. The number of amides is 1. The van der Waals surface area contributed by atoms with Gasteiger partial charge < -0.3 is 14.6 Å². The van der Waals surface area contributed by atoms with Gasteiger partial charge in [-0.1, -0.05) is 5.16 Å². The molecule has 0 aliphatic rings. The van der Waals surface area contributed by atoms with E-state index in [4.69, 9.17) is 4.52 Å². The lowest BCUT2D eigenvalue weighted by atomic mass is 10.2. The van der Waals surface area contributed by atoms with Crippen LogP contribution >= 0.6 is 0 Å². The summed E-state index contributed by atoms with van der Waals surface area (Å²) in [4.78, 5) is 22.2. The van der Waals surface area contributed by atoms with Gasteiger partial charge in [0.25, 0.3) is 5.91 Å². The summed E-state index contributed by atoms with van der Waals surface area (Å²) < 4.78 is 9.16. The van der Waals surface area contributed by atoms with Crippen molar-refractivity contribution in [1.82, 2.24) is 10.5 Å². The van der Waals surface area contributed by atoms with Crippen LogP contribution in [0.4, 0.5) is 0 Å². The Kier molecular flexibility index (Phi) is 3.84. The van der Waals surface area contributed by atoms with Gasteiger partial charge in [0, 0.05) is 6.54 Å². The Morgan fingerprint density at radius 2 is 2.33 bits per heavy atom. The molecule has 6 nitrogen and oxygen atoms in total. The maximum absolute atomic E-state index is 11.4. The molecule has 1 rings (SSSR count). The highest BCUT2D eigenvalue weighted by Gasteiger charge is 2.12. The third-order valence-electron chi connectivity index (χ3n) is 1.84. The van der Waals surface area contributed by atoms with Gasteiger partial charge in [0.05, 0.1) is 19.7 Å². The molecule has 82 valence electrons. The molecule has 1 aromatic rings. The van der Waals surface area contributed by atoms with Crippen LogP contribution < -0.4 is 5.32 Å². The quantitative estimate of drug-likeness (QED) is 0.725. The van der Waals surface area contributed by atoms with Crippen molar-refractivity contribution in [3.05, 3.63) is 17.5 Å². The van der Waals surface area contributed by atoms with Gasteiger partial charge in [-0.05, 0) is 6.92 Å². The summed E-state index contributed by atoms with van der Waals surface area (Å²) in [6, 6.07) is 0. The summed E-state index contributed by atoms with van der Waals surface area (Å²) in [6.07, 6.45) is 1.48. The largest absolute Gasteiger partial charge is 0.469 e. The Morgan fingerprint density at radius 1 is 1.60 bits per heavy atom. The fourth-order valence-corrected chi connectivity index (χ4v) is 0.992. The van der Waals surface area contributed by atoms with E-state index >= 15 is 0 Å². The Labute approximate surface area is 86.6 Å². The summed E-state index contributed by atoms with van der Waals surface area (Å²) in [5, 5.41) is 6.03. The lowest BCUT2D eigenvalue weighted by Crippen LogP contribution is -2.26. The molecule has 0 radical (unpaired) electrons. The van der Waals surface area contributed by atoms with E-state index in [9.17, 15) is 9.59 Å². The molecule has 0 aromatic carbocycles. The number of hydrogen-bond donors (Lipinski definition) is 1. The number of esters is 1. The van der Waals surface area contributed by atoms with Crippen LogP contribution in [-0.4, -0.2) is 30.7 Å². The van der Waals surface area contributed by atoms with Crippen molar-refractivity contribution in [2.45, 2.75) is 13.3 Å². The molecule has 0 saturated carbocycles. The van der Waals surface area contributed by atoms with Crippen molar-refractivity contribution in [2.24, 2.45) is 0 Å². The fraction of sp³-hybridized carbons (Fsp3) is 0.444. The lowest BCUT2D eigenvalue weighted by Gasteiger charge is -2.02. The maximum atomic E-state index is 11.4. The third-order valence-corrected chi connectivity index (χ3v) is 1.84. The molecule has 0 aliphatic heterocycles. The van der Waals surface area contributed by atoms with Crippen molar-refractivity contribution in [3.8, 4) is 0 Å². The minimum atomic E-state index is -0.364. The molecule has 0 bridgehead atoms. The van der Waals surface area contributed by atoms with Crippen LogP contribution in [0.1, 0.15) is 22.5 Å². The molecule has 15 heavy (non-hydrogen) atoms. The van der Waals surface area contributed by atoms with E-state index in [-0.39, 0.29) is 24.8 Å². The molecule has 0 saturated heterocycles. The molecular weight excluding hydrogens is 200 g/mol. The van der Waals surface area contributed by atoms with E-state index in [1.165, 1.54) is 13.3 Å². The van der Waals surface area contributed by atoms with E-state index in [1.807, 2.05) is 0 Å². The maximum Gasteiger partial charge on any atom is 0.307 e. The number of nitrogens with one attached hydrogen (secondary N) is 1. The molecule has 0 spiro atoms.